The molecule has 1 N–H and O–H groups in total. The number of aromatic nitrogens is 4. The molecule has 1 heterocycles. The van der Waals surface area contributed by atoms with Gasteiger partial charge in [-0.05, 0) is 51.6 Å². The molecule has 1 aromatic heterocycles. The number of hydrogen-bond donors (Lipinski definition) is 1. The van der Waals surface area contributed by atoms with Crippen LogP contribution in [-0.4, -0.2) is 74.9 Å². The number of rotatable bonds is 16. The minimum Gasteiger partial charge on any atom is -0.461 e. The van der Waals surface area contributed by atoms with Gasteiger partial charge in [0.05, 0.1) is 13.2 Å². The van der Waals surface area contributed by atoms with Gasteiger partial charge in [-0.2, -0.15) is 0 Å². The van der Waals surface area contributed by atoms with E-state index in [1.165, 1.54) is 0 Å². The second-order valence-electron chi connectivity index (χ2n) is 5.66. The van der Waals surface area contributed by atoms with E-state index in [1.54, 1.807) is 0 Å². The molecule has 0 spiro atoms. The van der Waals surface area contributed by atoms with Crippen molar-refractivity contribution in [2.75, 3.05) is 39.6 Å². The van der Waals surface area contributed by atoms with E-state index in [1.807, 2.05) is 20.8 Å². The molecular formula is C16H30ClN5O6Si. The molecule has 0 unspecified atom stereocenters. The second-order valence-corrected chi connectivity index (χ2v) is 8.73. The molecule has 1 aromatic rings. The first kappa shape index (κ1) is 25.4. The van der Waals surface area contributed by atoms with E-state index in [-0.39, 0.29) is 17.9 Å². The van der Waals surface area contributed by atoms with Crippen LogP contribution in [0.5, 0.6) is 6.01 Å². The number of nitrogens with zero attached hydrogens (tertiary/aromatic N) is 4. The smallest absolute Gasteiger partial charge is 0.461 e. The van der Waals surface area contributed by atoms with Crippen LogP contribution in [0.2, 0.25) is 11.3 Å². The second kappa shape index (κ2) is 15.3. The number of unbranched alkanes of at least 4 members (excludes halogenated alkanes) is 1. The Bertz CT molecular complexity index is 554. The van der Waals surface area contributed by atoms with E-state index >= 15 is 0 Å². The molecule has 0 saturated heterocycles. The number of nitrogens with one attached hydrogen (secondary N) is 1. The van der Waals surface area contributed by atoms with Gasteiger partial charge in [0.15, 0.2) is 0 Å². The van der Waals surface area contributed by atoms with E-state index in [2.05, 4.69) is 25.7 Å². The highest BCUT2D eigenvalue weighted by molar-refractivity contribution is 6.60. The topological polar surface area (TPSA) is 127 Å². The summed E-state index contributed by atoms with van der Waals surface area (Å²) in [4.78, 5) is 11.7. The molecule has 0 aliphatic carbocycles. The molecule has 13 heteroatoms. The van der Waals surface area contributed by atoms with Crippen LogP contribution in [0.15, 0.2) is 0 Å². The van der Waals surface area contributed by atoms with Crippen molar-refractivity contribution in [2.24, 2.45) is 0 Å². The number of carbonyl (C=O) groups is 1. The van der Waals surface area contributed by atoms with Gasteiger partial charge in [-0.25, -0.2) is 4.79 Å². The Balaban J connectivity index is 2.11. The Morgan fingerprint density at radius 2 is 1.52 bits per heavy atom. The fraction of sp³-hybridized carbons (Fsp3) is 0.812. The standard InChI is InChI=1S/C16H30ClN5O6Si/c1-4-26-29(27-5-2,28-6-3)13-9-10-18-16(23)25-12-8-7-11-24-15-21-19-14(17)20-22-15/h4-13H2,1-3H3,(H,18,23). The zero-order valence-electron chi connectivity index (χ0n) is 17.2. The Kier molecular flexibility index (Phi) is 13.4. The lowest BCUT2D eigenvalue weighted by Gasteiger charge is -2.28. The highest BCUT2D eigenvalue weighted by Gasteiger charge is 2.39. The molecule has 11 nitrogen and oxygen atoms in total. The molecule has 1 amide bonds. The van der Waals surface area contributed by atoms with Crippen LogP contribution in [0.4, 0.5) is 4.79 Å². The molecule has 0 fully saturated rings. The summed E-state index contributed by atoms with van der Waals surface area (Å²) in [6.45, 7) is 8.42. The highest BCUT2D eigenvalue weighted by Crippen LogP contribution is 2.17. The summed E-state index contributed by atoms with van der Waals surface area (Å²) < 4.78 is 27.7. The van der Waals surface area contributed by atoms with E-state index in [0.29, 0.717) is 58.3 Å². The minimum absolute atomic E-state index is 0.0431. The summed E-state index contributed by atoms with van der Waals surface area (Å²) >= 11 is 5.48. The SMILES string of the molecule is CCO[Si](CCCNC(=O)OCCCCOc1nnc(Cl)nn1)(OCC)OCC. The predicted molar refractivity (Wildman–Crippen MR) is 107 cm³/mol. The van der Waals surface area contributed by atoms with Crippen LogP contribution >= 0.6 is 11.6 Å². The van der Waals surface area contributed by atoms with Crippen LogP contribution in [0, 0.1) is 0 Å². The number of ether oxygens (including phenoxy) is 2. The number of hydrogen-bond acceptors (Lipinski definition) is 10. The van der Waals surface area contributed by atoms with Crippen molar-refractivity contribution >= 4 is 26.5 Å². The zero-order valence-corrected chi connectivity index (χ0v) is 18.9. The Hall–Kier alpha value is -1.60. The average Bonchev–Trinajstić information content (AvgIpc) is 2.70. The van der Waals surface area contributed by atoms with Crippen LogP contribution in [0.3, 0.4) is 0 Å². The molecule has 1 rings (SSSR count). The highest BCUT2D eigenvalue weighted by atomic mass is 35.5. The molecule has 166 valence electrons. The average molecular weight is 452 g/mol. The summed E-state index contributed by atoms with van der Waals surface area (Å²) in [6, 6.07) is 0.690. The Labute approximate surface area is 177 Å². The maximum absolute atomic E-state index is 11.7. The summed E-state index contributed by atoms with van der Waals surface area (Å²) in [5, 5.41) is 17.0. The lowest BCUT2D eigenvalue weighted by molar-refractivity contribution is 0.0706. The summed E-state index contributed by atoms with van der Waals surface area (Å²) in [5.41, 5.74) is 0. The van der Waals surface area contributed by atoms with Crippen LogP contribution in [0.25, 0.3) is 0 Å². The largest absolute Gasteiger partial charge is 0.500 e. The zero-order chi connectivity index (χ0) is 21.4. The van der Waals surface area contributed by atoms with Gasteiger partial charge in [-0.15, -0.1) is 10.2 Å². The maximum atomic E-state index is 11.7. The van der Waals surface area contributed by atoms with Crippen molar-refractivity contribution in [2.45, 2.75) is 46.1 Å². The van der Waals surface area contributed by atoms with Gasteiger partial charge in [0.2, 0.25) is 0 Å². The van der Waals surface area contributed by atoms with Crippen LogP contribution in [0.1, 0.15) is 40.0 Å². The molecule has 0 aliphatic heterocycles. The quantitative estimate of drug-likeness (QED) is 0.295. The van der Waals surface area contributed by atoms with Gasteiger partial charge in [0.1, 0.15) is 0 Å². The first-order valence-corrected chi connectivity index (χ1v) is 12.0. The van der Waals surface area contributed by atoms with Gasteiger partial charge >= 0.3 is 20.9 Å². The minimum atomic E-state index is -2.67. The molecule has 0 bridgehead atoms. The fourth-order valence-electron chi connectivity index (χ4n) is 2.35. The van der Waals surface area contributed by atoms with Crippen molar-refractivity contribution in [3.05, 3.63) is 5.28 Å². The van der Waals surface area contributed by atoms with Crippen molar-refractivity contribution in [3.8, 4) is 6.01 Å². The lowest BCUT2D eigenvalue weighted by Crippen LogP contribution is -2.46. The van der Waals surface area contributed by atoms with Gasteiger partial charge in [-0.1, -0.05) is 10.2 Å². The molecule has 0 aliphatic rings. The summed E-state index contributed by atoms with van der Waals surface area (Å²) in [6.07, 6.45) is 1.51. The van der Waals surface area contributed by atoms with Crippen molar-refractivity contribution in [3.63, 3.8) is 0 Å². The van der Waals surface area contributed by atoms with Gasteiger partial charge < -0.3 is 28.1 Å². The molecule has 0 radical (unpaired) electrons. The van der Waals surface area contributed by atoms with E-state index in [4.69, 9.17) is 34.4 Å². The van der Waals surface area contributed by atoms with Gasteiger partial charge in [-0.3, -0.25) is 0 Å². The summed E-state index contributed by atoms with van der Waals surface area (Å²) in [5.74, 6) is 0. The molecule has 0 aromatic carbocycles. The molecule has 0 saturated carbocycles. The molecule has 0 atom stereocenters. The normalized spacial score (nSPS) is 11.3. The van der Waals surface area contributed by atoms with Crippen molar-refractivity contribution in [1.82, 2.24) is 25.7 Å². The number of carbonyl (C=O) groups excluding carboxylic acids is 1. The maximum Gasteiger partial charge on any atom is 0.500 e. The van der Waals surface area contributed by atoms with Crippen LogP contribution < -0.4 is 10.1 Å². The van der Waals surface area contributed by atoms with Gasteiger partial charge in [0, 0.05) is 32.4 Å². The third-order valence-corrected chi connectivity index (χ3v) is 6.76. The van der Waals surface area contributed by atoms with E-state index in [0.717, 1.165) is 0 Å². The monoisotopic (exact) mass is 451 g/mol. The first-order valence-electron chi connectivity index (χ1n) is 9.73. The first-order chi connectivity index (χ1) is 14.0. The molecular weight excluding hydrogens is 422 g/mol. The Morgan fingerprint density at radius 3 is 2.10 bits per heavy atom. The third kappa shape index (κ3) is 11.2. The van der Waals surface area contributed by atoms with Crippen LogP contribution in [-0.2, 0) is 18.0 Å². The van der Waals surface area contributed by atoms with Gasteiger partial charge in [0.25, 0.3) is 5.28 Å². The molecule has 29 heavy (non-hydrogen) atoms. The summed E-state index contributed by atoms with van der Waals surface area (Å²) in [7, 11) is -2.67. The number of halogens is 1. The number of alkyl carbamates (subject to hydrolysis) is 1. The third-order valence-electron chi connectivity index (χ3n) is 3.46. The predicted octanol–water partition coefficient (Wildman–Crippen LogP) is 2.24. The van der Waals surface area contributed by atoms with Crippen molar-refractivity contribution < 1.29 is 27.5 Å². The number of amides is 1. The lowest BCUT2D eigenvalue weighted by atomic mass is 10.3. The Morgan fingerprint density at radius 1 is 0.931 bits per heavy atom. The van der Waals surface area contributed by atoms with E-state index in [9.17, 15) is 4.79 Å². The van der Waals surface area contributed by atoms with Crippen molar-refractivity contribution in [1.29, 1.82) is 0 Å². The van der Waals surface area contributed by atoms with E-state index < -0.39 is 14.9 Å². The fourth-order valence-corrected chi connectivity index (χ4v) is 5.03.